The molecule has 0 radical (unpaired) electrons. The van der Waals surface area contributed by atoms with Gasteiger partial charge in [-0.2, -0.15) is 0 Å². The summed E-state index contributed by atoms with van der Waals surface area (Å²) in [5.41, 5.74) is 0. The van der Waals surface area contributed by atoms with Gasteiger partial charge in [0.2, 0.25) is 0 Å². The molecule has 1 aliphatic heterocycles. The lowest BCUT2D eigenvalue weighted by Crippen LogP contribution is -2.40. The van der Waals surface area contributed by atoms with Crippen molar-refractivity contribution in [3.63, 3.8) is 0 Å². The number of hydrogen-bond donors (Lipinski definition) is 1. The van der Waals surface area contributed by atoms with Crippen molar-refractivity contribution in [2.45, 2.75) is 18.6 Å². The van der Waals surface area contributed by atoms with Crippen LogP contribution in [0.25, 0.3) is 0 Å². The summed E-state index contributed by atoms with van der Waals surface area (Å²) in [6.07, 6.45) is 0. The lowest BCUT2D eigenvalue weighted by molar-refractivity contribution is -0.146. The number of rotatable bonds is 7. The van der Waals surface area contributed by atoms with Gasteiger partial charge in [0.1, 0.15) is 6.61 Å². The molecular formula is C12H21NO5S. The average molecular weight is 291 g/mol. The highest BCUT2D eigenvalue weighted by molar-refractivity contribution is 8.01. The fourth-order valence-corrected chi connectivity index (χ4v) is 2.20. The van der Waals surface area contributed by atoms with Crippen molar-refractivity contribution < 1.29 is 24.2 Å². The largest absolute Gasteiger partial charge is 0.481 e. The van der Waals surface area contributed by atoms with E-state index in [9.17, 15) is 9.59 Å². The molecule has 0 unspecified atom stereocenters. The molecule has 1 rings (SSSR count). The lowest BCUT2D eigenvalue weighted by atomic mass is 10.2. The van der Waals surface area contributed by atoms with E-state index < -0.39 is 5.97 Å². The van der Waals surface area contributed by atoms with Crippen LogP contribution in [0.1, 0.15) is 13.8 Å². The van der Waals surface area contributed by atoms with Gasteiger partial charge in [0, 0.05) is 17.8 Å². The Balaban J connectivity index is 2.22. The first-order chi connectivity index (χ1) is 8.89. The molecule has 7 heteroatoms. The molecule has 1 fully saturated rings. The highest BCUT2D eigenvalue weighted by Crippen LogP contribution is 2.24. The molecule has 1 heterocycles. The van der Waals surface area contributed by atoms with Crippen molar-refractivity contribution >= 4 is 23.7 Å². The van der Waals surface area contributed by atoms with E-state index in [0.717, 1.165) is 13.1 Å². The molecule has 19 heavy (non-hydrogen) atoms. The van der Waals surface area contributed by atoms with Crippen LogP contribution in [0, 0.1) is 0 Å². The first kappa shape index (κ1) is 16.3. The van der Waals surface area contributed by atoms with Crippen LogP contribution < -0.4 is 0 Å². The van der Waals surface area contributed by atoms with Gasteiger partial charge in [-0.15, -0.1) is 11.8 Å². The van der Waals surface area contributed by atoms with Crippen molar-refractivity contribution in [1.82, 2.24) is 4.90 Å². The molecule has 1 aliphatic rings. The van der Waals surface area contributed by atoms with E-state index in [1.807, 2.05) is 18.7 Å². The zero-order valence-corrected chi connectivity index (χ0v) is 12.2. The van der Waals surface area contributed by atoms with Crippen molar-refractivity contribution in [2.75, 3.05) is 45.2 Å². The van der Waals surface area contributed by atoms with E-state index in [1.165, 1.54) is 11.8 Å². The summed E-state index contributed by atoms with van der Waals surface area (Å²) in [4.78, 5) is 24.2. The van der Waals surface area contributed by atoms with Crippen molar-refractivity contribution in [2.24, 2.45) is 0 Å². The minimum atomic E-state index is -0.863. The third kappa shape index (κ3) is 7.39. The third-order valence-electron chi connectivity index (χ3n) is 2.62. The number of carbonyl (C=O) groups excluding carboxylic acids is 1. The first-order valence-corrected chi connectivity index (χ1v) is 7.19. The fraction of sp³-hybridized carbons (Fsp3) is 0.833. The molecule has 1 N–H and O–H groups in total. The van der Waals surface area contributed by atoms with Crippen LogP contribution in [0.2, 0.25) is 0 Å². The minimum Gasteiger partial charge on any atom is -0.481 e. The highest BCUT2D eigenvalue weighted by atomic mass is 32.2. The van der Waals surface area contributed by atoms with Crippen LogP contribution in [0.5, 0.6) is 0 Å². The Hall–Kier alpha value is -0.790. The van der Waals surface area contributed by atoms with Gasteiger partial charge < -0.3 is 14.6 Å². The number of carboxylic acid groups (broad SMARTS) is 1. The Morgan fingerprint density at radius 2 is 2.00 bits per heavy atom. The Labute approximate surface area is 117 Å². The summed E-state index contributed by atoms with van der Waals surface area (Å²) in [6.45, 7) is 6.99. The fourth-order valence-electron chi connectivity index (χ4n) is 1.54. The molecule has 0 aromatic rings. The molecule has 0 bridgehead atoms. The second-order valence-electron chi connectivity index (χ2n) is 4.99. The Bertz CT molecular complexity index is 315. The maximum atomic E-state index is 11.7. The number of nitrogens with zero attached hydrogens (tertiary/aromatic N) is 1. The average Bonchev–Trinajstić information content (AvgIpc) is 2.36. The predicted molar refractivity (Wildman–Crippen MR) is 72.4 cm³/mol. The number of carbonyl (C=O) groups is 2. The predicted octanol–water partition coefficient (Wildman–Crippen LogP) is 0.458. The molecule has 110 valence electrons. The zero-order valence-electron chi connectivity index (χ0n) is 11.4. The number of aliphatic carboxylic acids is 1. The van der Waals surface area contributed by atoms with E-state index in [2.05, 4.69) is 0 Å². The maximum Gasteiger partial charge on any atom is 0.320 e. The van der Waals surface area contributed by atoms with E-state index in [1.54, 1.807) is 0 Å². The first-order valence-electron chi connectivity index (χ1n) is 6.20. The van der Waals surface area contributed by atoms with Crippen molar-refractivity contribution in [3.8, 4) is 0 Å². The molecule has 0 saturated carbocycles. The Morgan fingerprint density at radius 3 is 2.58 bits per heavy atom. The zero-order chi connectivity index (χ0) is 14.3. The molecule has 0 atom stereocenters. The normalized spacial score (nSPS) is 17.2. The van der Waals surface area contributed by atoms with Gasteiger partial charge in [-0.25, -0.2) is 0 Å². The molecule has 0 amide bonds. The van der Waals surface area contributed by atoms with E-state index in [-0.39, 0.29) is 29.6 Å². The second kappa shape index (κ2) is 7.72. The summed E-state index contributed by atoms with van der Waals surface area (Å²) in [7, 11) is 0. The van der Waals surface area contributed by atoms with E-state index >= 15 is 0 Å². The minimum absolute atomic E-state index is 0.00795. The number of thioether (sulfide) groups is 1. The molecule has 0 aromatic heterocycles. The second-order valence-corrected chi connectivity index (χ2v) is 6.67. The van der Waals surface area contributed by atoms with Crippen LogP contribution in [0.3, 0.4) is 0 Å². The topological polar surface area (TPSA) is 76.1 Å². The highest BCUT2D eigenvalue weighted by Gasteiger charge is 2.23. The Morgan fingerprint density at radius 1 is 1.37 bits per heavy atom. The summed E-state index contributed by atoms with van der Waals surface area (Å²) in [5.74, 6) is -1.13. The number of morpholine rings is 1. The standard InChI is InChI=1S/C12H21NO5S/c1-12(2,19-8-10(14)15)9-18-11(16)7-13-3-5-17-6-4-13/h3-9H2,1-2H3,(H,14,15). The van der Waals surface area contributed by atoms with Gasteiger partial charge in [-0.3, -0.25) is 14.5 Å². The third-order valence-corrected chi connectivity index (χ3v) is 3.91. The van der Waals surface area contributed by atoms with Gasteiger partial charge in [0.15, 0.2) is 0 Å². The quantitative estimate of drug-likeness (QED) is 0.683. The van der Waals surface area contributed by atoms with Crippen LogP contribution in [0.4, 0.5) is 0 Å². The number of esters is 1. The number of carboxylic acids is 1. The molecule has 1 saturated heterocycles. The van der Waals surface area contributed by atoms with Crippen LogP contribution in [-0.2, 0) is 19.1 Å². The SMILES string of the molecule is CC(C)(COC(=O)CN1CCOCC1)SCC(=O)O. The monoisotopic (exact) mass is 291 g/mol. The lowest BCUT2D eigenvalue weighted by Gasteiger charge is -2.27. The van der Waals surface area contributed by atoms with Gasteiger partial charge in [-0.1, -0.05) is 0 Å². The molecular weight excluding hydrogens is 270 g/mol. The van der Waals surface area contributed by atoms with E-state index in [4.69, 9.17) is 14.6 Å². The molecule has 6 nitrogen and oxygen atoms in total. The van der Waals surface area contributed by atoms with Gasteiger partial charge in [0.05, 0.1) is 25.5 Å². The molecule has 0 aliphatic carbocycles. The number of ether oxygens (including phenoxy) is 2. The summed E-state index contributed by atoms with van der Waals surface area (Å²) < 4.78 is 10.0. The summed E-state index contributed by atoms with van der Waals surface area (Å²) in [6, 6.07) is 0. The molecule has 0 spiro atoms. The van der Waals surface area contributed by atoms with E-state index in [0.29, 0.717) is 13.2 Å². The van der Waals surface area contributed by atoms with Crippen LogP contribution in [0.15, 0.2) is 0 Å². The van der Waals surface area contributed by atoms with Gasteiger partial charge in [-0.05, 0) is 13.8 Å². The van der Waals surface area contributed by atoms with Crippen molar-refractivity contribution in [1.29, 1.82) is 0 Å². The van der Waals surface area contributed by atoms with Crippen LogP contribution >= 0.6 is 11.8 Å². The maximum absolute atomic E-state index is 11.7. The summed E-state index contributed by atoms with van der Waals surface area (Å²) >= 11 is 1.26. The van der Waals surface area contributed by atoms with Crippen molar-refractivity contribution in [3.05, 3.63) is 0 Å². The van der Waals surface area contributed by atoms with Gasteiger partial charge in [0.25, 0.3) is 0 Å². The summed E-state index contributed by atoms with van der Waals surface area (Å²) in [5, 5.41) is 8.62. The number of hydrogen-bond acceptors (Lipinski definition) is 6. The van der Waals surface area contributed by atoms with Gasteiger partial charge >= 0.3 is 11.9 Å². The molecule has 0 aromatic carbocycles. The smallest absolute Gasteiger partial charge is 0.320 e. The van der Waals surface area contributed by atoms with Crippen LogP contribution in [-0.4, -0.2) is 71.9 Å². The Kier molecular flexibility index (Phi) is 6.60.